The van der Waals surface area contributed by atoms with Gasteiger partial charge in [0.05, 0.1) is 0 Å². The summed E-state index contributed by atoms with van der Waals surface area (Å²) in [7, 11) is 0. The molecular weight excluding hydrogens is 192 g/mol. The maximum absolute atomic E-state index is 11.6. The van der Waals surface area contributed by atoms with Gasteiger partial charge in [-0.25, -0.2) is 19.3 Å². The van der Waals surface area contributed by atoms with Crippen LogP contribution in [0.1, 0.15) is 0 Å². The van der Waals surface area contributed by atoms with Gasteiger partial charge in [0, 0.05) is 24.8 Å². The summed E-state index contributed by atoms with van der Waals surface area (Å²) >= 11 is 5.65. The van der Waals surface area contributed by atoms with Gasteiger partial charge in [-0.05, 0) is 11.6 Å². The number of rotatable bonds is 0. The molecule has 0 spiro atoms. The molecule has 2 aromatic heterocycles. The number of halogens is 1. The highest BCUT2D eigenvalue weighted by Crippen LogP contribution is 2.05. The fraction of sp³-hybridized carbons (Fsp3) is 0. The van der Waals surface area contributed by atoms with Crippen LogP contribution in [0.25, 0.3) is 0 Å². The van der Waals surface area contributed by atoms with Gasteiger partial charge in [0.15, 0.2) is 0 Å². The van der Waals surface area contributed by atoms with E-state index in [4.69, 9.17) is 11.6 Å². The van der Waals surface area contributed by atoms with Gasteiger partial charge in [-0.3, -0.25) is 4.57 Å². The molecule has 2 rings (SSSR count). The number of aromatic nitrogens is 4. The Labute approximate surface area is 78.6 Å². The third-order valence-electron chi connectivity index (χ3n) is 1.53. The first-order valence-electron chi connectivity index (χ1n) is 3.50. The Morgan fingerprint density at radius 1 is 1.38 bits per heavy atom. The second-order valence-electron chi connectivity index (χ2n) is 2.32. The van der Waals surface area contributed by atoms with Gasteiger partial charge >= 0.3 is 6.03 Å². The average molecular weight is 197 g/mol. The van der Waals surface area contributed by atoms with Gasteiger partial charge in [-0.15, -0.1) is 0 Å². The minimum Gasteiger partial charge on any atom is -0.257 e. The third kappa shape index (κ3) is 1.33. The molecule has 0 atom stereocenters. The first kappa shape index (κ1) is 8.00. The number of hydrogen-bond donors (Lipinski definition) is 0. The summed E-state index contributed by atoms with van der Waals surface area (Å²) in [5, 5.41) is 0.138. The predicted octanol–water partition coefficient (Wildman–Crippen LogP) is 1.25. The van der Waals surface area contributed by atoms with E-state index in [0.29, 0.717) is 0 Å². The van der Waals surface area contributed by atoms with E-state index >= 15 is 0 Å². The standard InChI is InChI=1S/C7H5ClN4O/c8-6-10-2-4-12(6)7(13)11-3-1-9-5-11/h1-5H. The van der Waals surface area contributed by atoms with Crippen molar-refractivity contribution in [3.8, 4) is 0 Å². The second-order valence-corrected chi connectivity index (χ2v) is 2.66. The average Bonchev–Trinajstić information content (AvgIpc) is 2.72. The highest BCUT2D eigenvalue weighted by atomic mass is 35.5. The van der Waals surface area contributed by atoms with Gasteiger partial charge in [0.2, 0.25) is 5.28 Å². The minimum atomic E-state index is -0.306. The van der Waals surface area contributed by atoms with Crippen LogP contribution >= 0.6 is 11.6 Å². The maximum Gasteiger partial charge on any atom is 0.339 e. The van der Waals surface area contributed by atoms with Crippen molar-refractivity contribution in [3.63, 3.8) is 0 Å². The summed E-state index contributed by atoms with van der Waals surface area (Å²) in [6.45, 7) is 0. The van der Waals surface area contributed by atoms with E-state index in [1.54, 1.807) is 6.20 Å². The van der Waals surface area contributed by atoms with Crippen LogP contribution in [0.4, 0.5) is 4.79 Å². The molecule has 0 amide bonds. The predicted molar refractivity (Wildman–Crippen MR) is 45.7 cm³/mol. The summed E-state index contributed by atoms with van der Waals surface area (Å²) < 4.78 is 2.54. The Morgan fingerprint density at radius 3 is 2.77 bits per heavy atom. The highest BCUT2D eigenvalue weighted by molar-refractivity contribution is 6.29. The zero-order valence-corrected chi connectivity index (χ0v) is 7.22. The number of carbonyl (C=O) groups is 1. The van der Waals surface area contributed by atoms with Crippen molar-refractivity contribution in [1.82, 2.24) is 19.1 Å². The quantitative estimate of drug-likeness (QED) is 0.637. The Hall–Kier alpha value is -1.62. The van der Waals surface area contributed by atoms with Crippen molar-refractivity contribution in [2.75, 3.05) is 0 Å². The Bertz CT molecular complexity index is 419. The van der Waals surface area contributed by atoms with Gasteiger partial charge in [-0.2, -0.15) is 0 Å². The Morgan fingerprint density at radius 2 is 2.23 bits per heavy atom. The van der Waals surface area contributed by atoms with E-state index in [2.05, 4.69) is 9.97 Å². The lowest BCUT2D eigenvalue weighted by molar-refractivity contribution is 0.244. The van der Waals surface area contributed by atoms with E-state index in [0.717, 1.165) is 0 Å². The highest BCUT2D eigenvalue weighted by Gasteiger charge is 2.09. The molecule has 0 bridgehead atoms. The van der Waals surface area contributed by atoms with Crippen molar-refractivity contribution in [3.05, 3.63) is 36.4 Å². The van der Waals surface area contributed by atoms with Crippen LogP contribution in [-0.2, 0) is 0 Å². The van der Waals surface area contributed by atoms with Crippen LogP contribution in [0, 0.1) is 0 Å². The van der Waals surface area contributed by atoms with E-state index in [1.165, 1.54) is 34.1 Å². The molecule has 0 aliphatic carbocycles. The fourth-order valence-electron chi connectivity index (χ4n) is 0.925. The molecule has 2 aromatic rings. The minimum absolute atomic E-state index is 0.138. The molecule has 6 heteroatoms. The second kappa shape index (κ2) is 3.02. The zero-order valence-electron chi connectivity index (χ0n) is 6.46. The van der Waals surface area contributed by atoms with Crippen LogP contribution in [-0.4, -0.2) is 25.1 Å². The van der Waals surface area contributed by atoms with Crippen molar-refractivity contribution in [2.45, 2.75) is 0 Å². The third-order valence-corrected chi connectivity index (χ3v) is 1.81. The lowest BCUT2D eigenvalue weighted by Gasteiger charge is -2.00. The number of carbonyl (C=O) groups excluding carboxylic acids is 1. The van der Waals surface area contributed by atoms with Gasteiger partial charge in [-0.1, -0.05) is 0 Å². The summed E-state index contributed by atoms with van der Waals surface area (Å²) in [5.41, 5.74) is 0. The van der Waals surface area contributed by atoms with Crippen LogP contribution in [0.5, 0.6) is 0 Å². The van der Waals surface area contributed by atoms with Gasteiger partial charge in [0.1, 0.15) is 6.33 Å². The molecule has 13 heavy (non-hydrogen) atoms. The molecule has 5 nitrogen and oxygen atoms in total. The summed E-state index contributed by atoms with van der Waals surface area (Å²) in [6, 6.07) is -0.306. The molecule has 0 fully saturated rings. The SMILES string of the molecule is O=C(n1ccnc1)n1ccnc1Cl. The Kier molecular flexibility index (Phi) is 1.86. The number of nitrogens with zero attached hydrogens (tertiary/aromatic N) is 4. The van der Waals surface area contributed by atoms with Crippen LogP contribution in [0.3, 0.4) is 0 Å². The maximum atomic E-state index is 11.6. The largest absolute Gasteiger partial charge is 0.339 e. The van der Waals surface area contributed by atoms with Crippen LogP contribution in [0.15, 0.2) is 31.1 Å². The molecule has 0 radical (unpaired) electrons. The molecule has 66 valence electrons. The van der Waals surface area contributed by atoms with E-state index in [-0.39, 0.29) is 11.3 Å². The van der Waals surface area contributed by atoms with Crippen LogP contribution in [0.2, 0.25) is 5.28 Å². The van der Waals surface area contributed by atoms with E-state index in [1.807, 2.05) is 0 Å². The molecule has 0 aliphatic rings. The molecule has 0 aromatic carbocycles. The molecule has 0 saturated carbocycles. The molecule has 0 saturated heterocycles. The van der Waals surface area contributed by atoms with Crippen molar-refractivity contribution in [2.24, 2.45) is 0 Å². The van der Waals surface area contributed by atoms with Crippen LogP contribution < -0.4 is 0 Å². The lowest BCUT2D eigenvalue weighted by atomic mass is 10.8. The van der Waals surface area contributed by atoms with Crippen molar-refractivity contribution < 1.29 is 4.79 Å². The monoisotopic (exact) mass is 196 g/mol. The van der Waals surface area contributed by atoms with Crippen molar-refractivity contribution in [1.29, 1.82) is 0 Å². The normalized spacial score (nSPS) is 10.2. The van der Waals surface area contributed by atoms with E-state index < -0.39 is 0 Å². The summed E-state index contributed by atoms with van der Waals surface area (Å²) in [4.78, 5) is 19.0. The summed E-state index contributed by atoms with van der Waals surface area (Å²) in [6.07, 6.45) is 7.40. The molecule has 0 aliphatic heterocycles. The smallest absolute Gasteiger partial charge is 0.257 e. The molecular formula is C7H5ClN4O. The fourth-order valence-corrected chi connectivity index (χ4v) is 1.11. The van der Waals surface area contributed by atoms with Gasteiger partial charge < -0.3 is 0 Å². The number of imidazole rings is 2. The first-order valence-corrected chi connectivity index (χ1v) is 3.88. The zero-order chi connectivity index (χ0) is 9.26. The topological polar surface area (TPSA) is 52.7 Å². The van der Waals surface area contributed by atoms with E-state index in [9.17, 15) is 4.79 Å². The molecule has 2 heterocycles. The first-order chi connectivity index (χ1) is 6.29. The molecule has 0 unspecified atom stereocenters. The molecule has 0 N–H and O–H groups in total. The number of hydrogen-bond acceptors (Lipinski definition) is 3. The Balaban J connectivity index is 2.39. The van der Waals surface area contributed by atoms with Crippen molar-refractivity contribution >= 4 is 17.6 Å². The van der Waals surface area contributed by atoms with Gasteiger partial charge in [0.25, 0.3) is 0 Å². The lowest BCUT2D eigenvalue weighted by Crippen LogP contribution is -2.16. The summed E-state index contributed by atoms with van der Waals surface area (Å²) in [5.74, 6) is 0.